The van der Waals surface area contributed by atoms with Crippen molar-refractivity contribution >= 4 is 34.8 Å². The molecule has 6 heteroatoms. The zero-order valence-electron chi connectivity index (χ0n) is 11.9. The summed E-state index contributed by atoms with van der Waals surface area (Å²) in [4.78, 5) is 13.9. The topological polar surface area (TPSA) is 41.6 Å². The van der Waals surface area contributed by atoms with Crippen LogP contribution >= 0.6 is 23.8 Å². The molecule has 20 heavy (non-hydrogen) atoms. The Balaban J connectivity index is 2.54. The van der Waals surface area contributed by atoms with E-state index in [1.54, 1.807) is 31.2 Å². The minimum atomic E-state index is -0.635. The summed E-state index contributed by atoms with van der Waals surface area (Å²) in [5.41, 5.74) is 0. The molecule has 0 aliphatic carbocycles. The first-order valence-corrected chi connectivity index (χ1v) is 7.28. The molecule has 1 aromatic carbocycles. The third-order valence-corrected chi connectivity index (χ3v) is 3.39. The van der Waals surface area contributed by atoms with Gasteiger partial charge in [0.1, 0.15) is 5.75 Å². The molecule has 0 bridgehead atoms. The van der Waals surface area contributed by atoms with Gasteiger partial charge in [-0.2, -0.15) is 0 Å². The fraction of sp³-hybridized carbons (Fsp3) is 0.429. The van der Waals surface area contributed by atoms with Crippen LogP contribution in [0.15, 0.2) is 24.3 Å². The van der Waals surface area contributed by atoms with Gasteiger partial charge in [0.05, 0.1) is 0 Å². The van der Waals surface area contributed by atoms with Crippen molar-refractivity contribution in [3.05, 3.63) is 29.3 Å². The number of nitrogens with one attached hydrogen (secondary N) is 1. The number of nitrogens with zero attached hydrogens (tertiary/aromatic N) is 1. The first-order valence-electron chi connectivity index (χ1n) is 6.49. The Hall–Kier alpha value is -1.33. The Morgan fingerprint density at radius 3 is 2.40 bits per heavy atom. The number of ether oxygens (including phenoxy) is 1. The molecule has 0 aliphatic rings. The Kier molecular flexibility index (Phi) is 6.75. The summed E-state index contributed by atoms with van der Waals surface area (Å²) in [5.74, 6) is 0.322. The molecule has 1 N–H and O–H groups in total. The molecule has 1 amide bonds. The molecular weight excluding hydrogens is 296 g/mol. The number of amides is 1. The standard InChI is InChI=1S/C14H19ClN2O2S/c1-4-17(5-2)14(20)16-13(18)10(3)19-12-8-6-11(15)7-9-12/h6-10H,4-5H2,1-3H3,(H,16,18,20)/t10-/m0/s1. The van der Waals surface area contributed by atoms with Gasteiger partial charge in [0.25, 0.3) is 5.91 Å². The van der Waals surface area contributed by atoms with Gasteiger partial charge in [-0.25, -0.2) is 0 Å². The van der Waals surface area contributed by atoms with E-state index in [4.69, 9.17) is 28.6 Å². The molecular formula is C14H19ClN2O2S. The maximum atomic E-state index is 12.0. The van der Waals surface area contributed by atoms with Gasteiger partial charge in [0, 0.05) is 18.1 Å². The van der Waals surface area contributed by atoms with E-state index < -0.39 is 6.10 Å². The Bertz CT molecular complexity index is 461. The number of carbonyl (C=O) groups excluding carboxylic acids is 1. The summed E-state index contributed by atoms with van der Waals surface area (Å²) in [6.45, 7) is 7.14. The third-order valence-electron chi connectivity index (χ3n) is 2.78. The van der Waals surface area contributed by atoms with Gasteiger partial charge >= 0.3 is 0 Å². The van der Waals surface area contributed by atoms with Crippen LogP contribution in [0.3, 0.4) is 0 Å². The Labute approximate surface area is 130 Å². The van der Waals surface area contributed by atoms with Gasteiger partial charge in [-0.05, 0) is 57.3 Å². The Morgan fingerprint density at radius 2 is 1.90 bits per heavy atom. The summed E-state index contributed by atoms with van der Waals surface area (Å²) in [6.07, 6.45) is -0.635. The molecule has 0 spiro atoms. The highest BCUT2D eigenvalue weighted by molar-refractivity contribution is 7.80. The van der Waals surface area contributed by atoms with Crippen molar-refractivity contribution in [2.24, 2.45) is 0 Å². The summed E-state index contributed by atoms with van der Waals surface area (Å²) in [5, 5.41) is 3.73. The van der Waals surface area contributed by atoms with Crippen molar-refractivity contribution in [2.45, 2.75) is 26.9 Å². The van der Waals surface area contributed by atoms with Gasteiger partial charge in [-0.3, -0.25) is 10.1 Å². The molecule has 110 valence electrons. The number of thiocarbonyl (C=S) groups is 1. The molecule has 0 saturated heterocycles. The lowest BCUT2D eigenvalue weighted by Gasteiger charge is -2.23. The molecule has 1 aromatic rings. The second kappa shape index (κ2) is 8.07. The van der Waals surface area contributed by atoms with Crippen molar-refractivity contribution < 1.29 is 9.53 Å². The van der Waals surface area contributed by atoms with E-state index in [2.05, 4.69) is 5.32 Å². The molecule has 0 unspecified atom stereocenters. The summed E-state index contributed by atoms with van der Waals surface area (Å²) in [6, 6.07) is 6.85. The number of carbonyl (C=O) groups is 1. The Morgan fingerprint density at radius 1 is 1.35 bits per heavy atom. The molecule has 1 atom stereocenters. The third kappa shape index (κ3) is 4.98. The van der Waals surface area contributed by atoms with E-state index in [-0.39, 0.29) is 5.91 Å². The van der Waals surface area contributed by atoms with Crippen LogP contribution in [0.1, 0.15) is 20.8 Å². The molecule has 0 fully saturated rings. The van der Waals surface area contributed by atoms with Crippen LogP contribution in [-0.4, -0.2) is 35.1 Å². The largest absolute Gasteiger partial charge is 0.481 e. The molecule has 0 aliphatic heterocycles. The smallest absolute Gasteiger partial charge is 0.266 e. The summed E-state index contributed by atoms with van der Waals surface area (Å²) < 4.78 is 5.53. The molecule has 0 heterocycles. The molecule has 0 saturated carbocycles. The van der Waals surface area contributed by atoms with E-state index in [1.807, 2.05) is 18.7 Å². The monoisotopic (exact) mass is 314 g/mol. The van der Waals surface area contributed by atoms with Gasteiger partial charge in [-0.15, -0.1) is 0 Å². The van der Waals surface area contributed by atoms with Gasteiger partial charge in [0.15, 0.2) is 11.2 Å². The van der Waals surface area contributed by atoms with Gasteiger partial charge in [0.2, 0.25) is 0 Å². The predicted molar refractivity (Wildman–Crippen MR) is 85.2 cm³/mol. The highest BCUT2D eigenvalue weighted by Crippen LogP contribution is 2.16. The molecule has 0 aromatic heterocycles. The maximum Gasteiger partial charge on any atom is 0.266 e. The van der Waals surface area contributed by atoms with Crippen molar-refractivity contribution in [3.8, 4) is 5.75 Å². The lowest BCUT2D eigenvalue weighted by atomic mass is 10.3. The van der Waals surface area contributed by atoms with Gasteiger partial charge < -0.3 is 9.64 Å². The average molecular weight is 315 g/mol. The lowest BCUT2D eigenvalue weighted by molar-refractivity contribution is -0.125. The van der Waals surface area contributed by atoms with E-state index in [0.29, 0.717) is 15.9 Å². The second-order valence-electron chi connectivity index (χ2n) is 4.18. The molecule has 0 radical (unpaired) electrons. The van der Waals surface area contributed by atoms with Crippen molar-refractivity contribution in [2.75, 3.05) is 13.1 Å². The van der Waals surface area contributed by atoms with E-state index >= 15 is 0 Å². The van der Waals surface area contributed by atoms with E-state index in [0.717, 1.165) is 13.1 Å². The fourth-order valence-corrected chi connectivity index (χ4v) is 2.05. The normalized spacial score (nSPS) is 11.6. The van der Waals surface area contributed by atoms with Gasteiger partial charge in [-0.1, -0.05) is 11.6 Å². The van der Waals surface area contributed by atoms with Crippen molar-refractivity contribution in [3.63, 3.8) is 0 Å². The summed E-state index contributed by atoms with van der Waals surface area (Å²) in [7, 11) is 0. The first kappa shape index (κ1) is 16.7. The minimum absolute atomic E-state index is 0.267. The van der Waals surface area contributed by atoms with Crippen LogP contribution in [0.2, 0.25) is 5.02 Å². The molecule has 4 nitrogen and oxygen atoms in total. The van der Waals surface area contributed by atoms with Crippen LogP contribution in [0, 0.1) is 0 Å². The zero-order chi connectivity index (χ0) is 15.1. The SMILES string of the molecule is CCN(CC)C(=S)NC(=O)[C@H](C)Oc1ccc(Cl)cc1. The first-order chi connectivity index (χ1) is 9.47. The molecule has 1 rings (SSSR count). The number of rotatable bonds is 5. The summed E-state index contributed by atoms with van der Waals surface area (Å²) >= 11 is 11.0. The number of benzene rings is 1. The van der Waals surface area contributed by atoms with Crippen molar-refractivity contribution in [1.29, 1.82) is 0 Å². The minimum Gasteiger partial charge on any atom is -0.481 e. The second-order valence-corrected chi connectivity index (χ2v) is 5.00. The fourth-order valence-electron chi connectivity index (χ4n) is 1.57. The van der Waals surface area contributed by atoms with E-state index in [9.17, 15) is 4.79 Å². The zero-order valence-corrected chi connectivity index (χ0v) is 13.4. The highest BCUT2D eigenvalue weighted by Gasteiger charge is 2.17. The van der Waals surface area contributed by atoms with Crippen LogP contribution < -0.4 is 10.1 Å². The average Bonchev–Trinajstić information content (AvgIpc) is 2.42. The maximum absolute atomic E-state index is 12.0. The quantitative estimate of drug-likeness (QED) is 0.849. The lowest BCUT2D eigenvalue weighted by Crippen LogP contribution is -2.46. The van der Waals surface area contributed by atoms with E-state index in [1.165, 1.54) is 0 Å². The van der Waals surface area contributed by atoms with Crippen LogP contribution in [0.25, 0.3) is 0 Å². The predicted octanol–water partition coefficient (Wildman–Crippen LogP) is 2.85. The number of hydrogen-bond acceptors (Lipinski definition) is 3. The van der Waals surface area contributed by atoms with Crippen LogP contribution in [0.4, 0.5) is 0 Å². The van der Waals surface area contributed by atoms with Crippen LogP contribution in [-0.2, 0) is 4.79 Å². The number of halogens is 1. The number of hydrogen-bond donors (Lipinski definition) is 1. The van der Waals surface area contributed by atoms with Crippen LogP contribution in [0.5, 0.6) is 5.75 Å². The highest BCUT2D eigenvalue weighted by atomic mass is 35.5. The van der Waals surface area contributed by atoms with Crippen molar-refractivity contribution in [1.82, 2.24) is 10.2 Å².